The zero-order valence-corrected chi connectivity index (χ0v) is 11.5. The number of benzene rings is 2. The number of fused-ring (bicyclic) bond motifs is 1. The van der Waals surface area contributed by atoms with Crippen LogP contribution in [0.2, 0.25) is 0 Å². The van der Waals surface area contributed by atoms with E-state index < -0.39 is 5.60 Å². The second-order valence-electron chi connectivity index (χ2n) is 4.97. The smallest absolute Gasteiger partial charge is 0.0998 e. The fourth-order valence-corrected chi connectivity index (χ4v) is 2.30. The fourth-order valence-electron chi connectivity index (χ4n) is 2.30. The summed E-state index contributed by atoms with van der Waals surface area (Å²) in [5.74, 6) is 0. The Morgan fingerprint density at radius 2 is 1.89 bits per heavy atom. The van der Waals surface area contributed by atoms with Crippen molar-refractivity contribution in [2.24, 2.45) is 0 Å². The van der Waals surface area contributed by atoms with Gasteiger partial charge in [0, 0.05) is 20.2 Å². The van der Waals surface area contributed by atoms with E-state index in [1.807, 2.05) is 37.3 Å². The first-order valence-electron chi connectivity index (χ1n) is 6.55. The summed E-state index contributed by atoms with van der Waals surface area (Å²) in [5.41, 5.74) is 0.0599. The van der Waals surface area contributed by atoms with Crippen LogP contribution in [0, 0.1) is 0 Å². The van der Waals surface area contributed by atoms with Gasteiger partial charge in [-0.3, -0.25) is 0 Å². The maximum Gasteiger partial charge on any atom is 0.0998 e. The lowest BCUT2D eigenvalue weighted by atomic mass is 9.91. The van der Waals surface area contributed by atoms with Gasteiger partial charge in [0.05, 0.1) is 12.2 Å². The molecule has 0 aliphatic carbocycles. The average Bonchev–Trinajstić information content (AvgIpc) is 2.43. The summed E-state index contributed by atoms with van der Waals surface area (Å²) in [6.07, 6.45) is 0. The van der Waals surface area contributed by atoms with Gasteiger partial charge in [-0.15, -0.1) is 0 Å². The molecule has 2 N–H and O–H groups in total. The van der Waals surface area contributed by atoms with Crippen molar-refractivity contribution < 1.29 is 9.84 Å². The molecule has 2 aromatic rings. The van der Waals surface area contributed by atoms with Gasteiger partial charge in [-0.2, -0.15) is 0 Å². The molecule has 0 spiro atoms. The molecule has 19 heavy (non-hydrogen) atoms. The maximum atomic E-state index is 10.7. The van der Waals surface area contributed by atoms with Gasteiger partial charge in [-0.25, -0.2) is 0 Å². The molecule has 3 heteroatoms. The molecule has 3 nitrogen and oxygen atoms in total. The third kappa shape index (κ3) is 3.32. The third-order valence-electron chi connectivity index (χ3n) is 3.32. The largest absolute Gasteiger partial charge is 0.384 e. The number of methoxy groups -OCH3 is 1. The molecule has 0 aromatic heterocycles. The van der Waals surface area contributed by atoms with Gasteiger partial charge < -0.3 is 15.2 Å². The predicted molar refractivity (Wildman–Crippen MR) is 78.3 cm³/mol. The highest BCUT2D eigenvalue weighted by molar-refractivity contribution is 5.86. The van der Waals surface area contributed by atoms with E-state index in [-0.39, 0.29) is 0 Å². The molecule has 1 atom stereocenters. The van der Waals surface area contributed by atoms with Gasteiger partial charge in [0.15, 0.2) is 0 Å². The van der Waals surface area contributed by atoms with E-state index in [9.17, 15) is 5.11 Å². The predicted octanol–water partition coefficient (Wildman–Crippen LogP) is 2.28. The Hall–Kier alpha value is -1.42. The maximum absolute atomic E-state index is 10.7. The molecule has 102 valence electrons. The summed E-state index contributed by atoms with van der Waals surface area (Å²) in [4.78, 5) is 0. The first-order valence-corrected chi connectivity index (χ1v) is 6.55. The SMILES string of the molecule is COCCNCC(C)(O)c1cccc2ccccc12. The van der Waals surface area contributed by atoms with Crippen LogP contribution in [0.1, 0.15) is 12.5 Å². The Morgan fingerprint density at radius 1 is 1.16 bits per heavy atom. The normalized spacial score (nSPS) is 14.5. The van der Waals surface area contributed by atoms with E-state index in [0.717, 1.165) is 22.9 Å². The zero-order valence-electron chi connectivity index (χ0n) is 11.5. The van der Waals surface area contributed by atoms with Crippen LogP contribution >= 0.6 is 0 Å². The van der Waals surface area contributed by atoms with Gasteiger partial charge in [0.1, 0.15) is 0 Å². The average molecular weight is 259 g/mol. The van der Waals surface area contributed by atoms with E-state index in [2.05, 4.69) is 17.4 Å². The lowest BCUT2D eigenvalue weighted by molar-refractivity contribution is 0.0565. The summed E-state index contributed by atoms with van der Waals surface area (Å²) >= 11 is 0. The second-order valence-corrected chi connectivity index (χ2v) is 4.97. The quantitative estimate of drug-likeness (QED) is 0.782. The standard InChI is InChI=1S/C16H21NO2/c1-16(18,12-17-10-11-19-2)15-9-5-7-13-6-3-4-8-14(13)15/h3-9,17-18H,10-12H2,1-2H3. The topological polar surface area (TPSA) is 41.5 Å². The van der Waals surface area contributed by atoms with Crippen LogP contribution in [0.5, 0.6) is 0 Å². The highest BCUT2D eigenvalue weighted by Crippen LogP contribution is 2.28. The molecule has 1 unspecified atom stereocenters. The number of aliphatic hydroxyl groups is 1. The summed E-state index contributed by atoms with van der Waals surface area (Å²) in [7, 11) is 1.67. The highest BCUT2D eigenvalue weighted by atomic mass is 16.5. The third-order valence-corrected chi connectivity index (χ3v) is 3.32. The first kappa shape index (κ1) is 14.0. The van der Waals surface area contributed by atoms with Gasteiger partial charge in [0.2, 0.25) is 0 Å². The zero-order chi connectivity index (χ0) is 13.7. The summed E-state index contributed by atoms with van der Waals surface area (Å²) in [5, 5.41) is 16.1. The summed E-state index contributed by atoms with van der Waals surface area (Å²) in [6, 6.07) is 14.2. The van der Waals surface area contributed by atoms with E-state index in [4.69, 9.17) is 4.74 Å². The molecule has 2 rings (SSSR count). The van der Waals surface area contributed by atoms with Crippen LogP contribution in [-0.2, 0) is 10.3 Å². The Bertz CT molecular complexity index is 532. The van der Waals surface area contributed by atoms with Crippen molar-refractivity contribution >= 4 is 10.8 Å². The van der Waals surface area contributed by atoms with Gasteiger partial charge in [-0.1, -0.05) is 42.5 Å². The molecule has 0 aliphatic heterocycles. The fraction of sp³-hybridized carbons (Fsp3) is 0.375. The van der Waals surface area contributed by atoms with E-state index in [0.29, 0.717) is 13.2 Å². The van der Waals surface area contributed by atoms with Crippen LogP contribution in [-0.4, -0.2) is 31.9 Å². The summed E-state index contributed by atoms with van der Waals surface area (Å²) in [6.45, 7) is 3.72. The van der Waals surface area contributed by atoms with Crippen molar-refractivity contribution in [3.63, 3.8) is 0 Å². The molecule has 0 heterocycles. The molecule has 0 fully saturated rings. The number of rotatable bonds is 6. The monoisotopic (exact) mass is 259 g/mol. The molecule has 0 saturated carbocycles. The van der Waals surface area contributed by atoms with Gasteiger partial charge in [0.25, 0.3) is 0 Å². The first-order chi connectivity index (χ1) is 9.15. The molecular weight excluding hydrogens is 238 g/mol. The number of hydrogen-bond donors (Lipinski definition) is 2. The molecule has 0 aliphatic rings. The van der Waals surface area contributed by atoms with Crippen molar-refractivity contribution in [3.05, 3.63) is 48.0 Å². The van der Waals surface area contributed by atoms with E-state index in [1.54, 1.807) is 7.11 Å². The minimum Gasteiger partial charge on any atom is -0.384 e. The second kappa shape index (κ2) is 6.15. The van der Waals surface area contributed by atoms with Crippen molar-refractivity contribution in [2.75, 3.05) is 26.8 Å². The number of hydrogen-bond acceptors (Lipinski definition) is 3. The van der Waals surface area contributed by atoms with Gasteiger partial charge >= 0.3 is 0 Å². The molecule has 2 aromatic carbocycles. The van der Waals surface area contributed by atoms with E-state index in [1.165, 1.54) is 0 Å². The van der Waals surface area contributed by atoms with Crippen LogP contribution in [0.4, 0.5) is 0 Å². The van der Waals surface area contributed by atoms with Crippen molar-refractivity contribution in [2.45, 2.75) is 12.5 Å². The minimum atomic E-state index is -0.894. The number of nitrogens with one attached hydrogen (secondary N) is 1. The van der Waals surface area contributed by atoms with Crippen LogP contribution in [0.15, 0.2) is 42.5 Å². The molecular formula is C16H21NO2. The van der Waals surface area contributed by atoms with Crippen LogP contribution in [0.25, 0.3) is 10.8 Å². The Labute approximate surface area is 114 Å². The van der Waals surface area contributed by atoms with Crippen molar-refractivity contribution in [1.29, 1.82) is 0 Å². The van der Waals surface area contributed by atoms with E-state index >= 15 is 0 Å². The summed E-state index contributed by atoms with van der Waals surface area (Å²) < 4.78 is 4.99. The Kier molecular flexibility index (Phi) is 4.53. The minimum absolute atomic E-state index is 0.504. The van der Waals surface area contributed by atoms with Crippen molar-refractivity contribution in [1.82, 2.24) is 5.32 Å². The Balaban J connectivity index is 2.22. The van der Waals surface area contributed by atoms with Crippen LogP contribution < -0.4 is 5.32 Å². The molecule has 0 amide bonds. The van der Waals surface area contributed by atoms with Crippen molar-refractivity contribution in [3.8, 4) is 0 Å². The molecule has 0 saturated heterocycles. The molecule has 0 bridgehead atoms. The number of ether oxygens (including phenoxy) is 1. The Morgan fingerprint density at radius 3 is 2.68 bits per heavy atom. The molecule has 0 radical (unpaired) electrons. The lowest BCUT2D eigenvalue weighted by Gasteiger charge is -2.26. The van der Waals surface area contributed by atoms with Gasteiger partial charge in [-0.05, 0) is 23.3 Å². The lowest BCUT2D eigenvalue weighted by Crippen LogP contribution is -2.37. The highest BCUT2D eigenvalue weighted by Gasteiger charge is 2.24. The van der Waals surface area contributed by atoms with Crippen LogP contribution in [0.3, 0.4) is 0 Å².